The minimum absolute atomic E-state index is 0.0255. The Bertz CT molecular complexity index is 542. The molecule has 6 heteroatoms. The van der Waals surface area contributed by atoms with Gasteiger partial charge in [0, 0.05) is 6.42 Å². The van der Waals surface area contributed by atoms with Crippen molar-refractivity contribution in [1.82, 2.24) is 10.2 Å². The Morgan fingerprint density at radius 2 is 2.00 bits per heavy atom. The molecule has 1 saturated heterocycles. The van der Waals surface area contributed by atoms with Gasteiger partial charge in [-0.3, -0.25) is 24.6 Å². The highest BCUT2D eigenvalue weighted by molar-refractivity contribution is 6.01. The number of imide groups is 1. The van der Waals surface area contributed by atoms with Crippen molar-refractivity contribution in [3.05, 3.63) is 35.6 Å². The van der Waals surface area contributed by atoms with Crippen LogP contribution in [-0.2, 0) is 20.8 Å². The second-order valence-corrected chi connectivity index (χ2v) is 4.84. The zero-order valence-electron chi connectivity index (χ0n) is 11.1. The van der Waals surface area contributed by atoms with Crippen LogP contribution in [0.15, 0.2) is 24.3 Å². The lowest BCUT2D eigenvalue weighted by atomic mass is 10.1. The molecular weight excluding hydrogens is 263 g/mol. The number of Topliss-reactive ketones (excluding diaryl/α,β-unsaturated/α-hetero) is 1. The predicted octanol–water partition coefficient (Wildman–Crippen LogP) is 0.284. The molecule has 1 fully saturated rings. The highest BCUT2D eigenvalue weighted by Crippen LogP contribution is 2.08. The van der Waals surface area contributed by atoms with Crippen molar-refractivity contribution in [2.24, 2.45) is 0 Å². The van der Waals surface area contributed by atoms with Gasteiger partial charge in [-0.25, -0.2) is 4.39 Å². The van der Waals surface area contributed by atoms with Crippen molar-refractivity contribution in [2.75, 3.05) is 13.1 Å². The van der Waals surface area contributed by atoms with Crippen LogP contribution in [0, 0.1) is 5.82 Å². The number of carbonyl (C=O) groups is 3. The summed E-state index contributed by atoms with van der Waals surface area (Å²) in [5, 5.41) is 2.22. The summed E-state index contributed by atoms with van der Waals surface area (Å²) in [5.74, 6) is -1.27. The lowest BCUT2D eigenvalue weighted by Gasteiger charge is -2.30. The number of benzene rings is 1. The summed E-state index contributed by atoms with van der Waals surface area (Å²) in [6.45, 7) is 1.70. The Hall–Kier alpha value is -2.08. The molecule has 1 aromatic carbocycles. The third-order valence-electron chi connectivity index (χ3n) is 3.23. The standard InChI is InChI=1S/C14H15FN2O3/c1-9-14(20)16-13(19)8-17(9)7-12(18)6-10-2-4-11(15)5-3-10/h2-5,9H,6-8H2,1H3,(H,16,19,20). The SMILES string of the molecule is CC1C(=O)NC(=O)CN1CC(=O)Cc1ccc(F)cc1. The molecule has 1 aliphatic rings. The number of amides is 2. The van der Waals surface area contributed by atoms with E-state index in [9.17, 15) is 18.8 Å². The number of hydrogen-bond acceptors (Lipinski definition) is 4. The monoisotopic (exact) mass is 278 g/mol. The van der Waals surface area contributed by atoms with Crippen LogP contribution in [0.1, 0.15) is 12.5 Å². The molecule has 20 heavy (non-hydrogen) atoms. The number of carbonyl (C=O) groups excluding carboxylic acids is 3. The molecule has 0 spiro atoms. The van der Waals surface area contributed by atoms with Crippen LogP contribution in [0.2, 0.25) is 0 Å². The van der Waals surface area contributed by atoms with Crippen molar-refractivity contribution >= 4 is 17.6 Å². The van der Waals surface area contributed by atoms with E-state index in [2.05, 4.69) is 5.32 Å². The van der Waals surface area contributed by atoms with Crippen LogP contribution in [0.25, 0.3) is 0 Å². The molecular formula is C14H15FN2O3. The summed E-state index contributed by atoms with van der Waals surface area (Å²) in [5.41, 5.74) is 0.705. The molecule has 0 bridgehead atoms. The maximum atomic E-state index is 12.8. The minimum atomic E-state index is -0.509. The largest absolute Gasteiger partial charge is 0.298 e. The first kappa shape index (κ1) is 14.3. The number of nitrogens with one attached hydrogen (secondary N) is 1. The topological polar surface area (TPSA) is 66.5 Å². The van der Waals surface area contributed by atoms with Crippen molar-refractivity contribution in [1.29, 1.82) is 0 Å². The number of hydrogen-bond donors (Lipinski definition) is 1. The third-order valence-corrected chi connectivity index (χ3v) is 3.23. The Labute approximate surface area is 115 Å². The van der Waals surface area contributed by atoms with Gasteiger partial charge in [-0.1, -0.05) is 12.1 Å². The van der Waals surface area contributed by atoms with Gasteiger partial charge in [0.1, 0.15) is 5.82 Å². The minimum Gasteiger partial charge on any atom is -0.298 e. The maximum Gasteiger partial charge on any atom is 0.243 e. The molecule has 106 valence electrons. The molecule has 1 aliphatic heterocycles. The molecule has 1 heterocycles. The van der Waals surface area contributed by atoms with Crippen LogP contribution in [0.4, 0.5) is 4.39 Å². The summed E-state index contributed by atoms with van der Waals surface area (Å²) in [4.78, 5) is 36.2. The van der Waals surface area contributed by atoms with Gasteiger partial charge in [0.15, 0.2) is 5.78 Å². The average molecular weight is 278 g/mol. The highest BCUT2D eigenvalue weighted by Gasteiger charge is 2.31. The number of rotatable bonds is 4. The second kappa shape index (κ2) is 5.92. The highest BCUT2D eigenvalue weighted by atomic mass is 19.1. The van der Waals surface area contributed by atoms with E-state index in [1.54, 1.807) is 19.1 Å². The van der Waals surface area contributed by atoms with Crippen LogP contribution >= 0.6 is 0 Å². The second-order valence-electron chi connectivity index (χ2n) is 4.84. The van der Waals surface area contributed by atoms with E-state index in [1.807, 2.05) is 0 Å². The molecule has 1 aromatic rings. The molecule has 2 rings (SSSR count). The van der Waals surface area contributed by atoms with Crippen LogP contribution in [-0.4, -0.2) is 41.6 Å². The van der Waals surface area contributed by atoms with Gasteiger partial charge in [0.25, 0.3) is 0 Å². The van der Waals surface area contributed by atoms with Crippen molar-refractivity contribution in [3.8, 4) is 0 Å². The third kappa shape index (κ3) is 3.48. The van der Waals surface area contributed by atoms with E-state index in [4.69, 9.17) is 0 Å². The summed E-state index contributed by atoms with van der Waals surface area (Å²) < 4.78 is 12.8. The molecule has 0 aromatic heterocycles. The fraction of sp³-hybridized carbons (Fsp3) is 0.357. The van der Waals surface area contributed by atoms with Crippen LogP contribution in [0.5, 0.6) is 0 Å². The van der Waals surface area contributed by atoms with Gasteiger partial charge < -0.3 is 0 Å². The summed E-state index contributed by atoms with van der Waals surface area (Å²) in [6, 6.07) is 5.17. The van der Waals surface area contributed by atoms with E-state index in [-0.39, 0.29) is 31.1 Å². The van der Waals surface area contributed by atoms with Gasteiger partial charge in [-0.05, 0) is 24.6 Å². The number of nitrogens with zero attached hydrogens (tertiary/aromatic N) is 1. The average Bonchev–Trinajstić information content (AvgIpc) is 2.38. The van der Waals surface area contributed by atoms with E-state index in [1.165, 1.54) is 17.0 Å². The fourth-order valence-corrected chi connectivity index (χ4v) is 2.07. The van der Waals surface area contributed by atoms with E-state index < -0.39 is 17.9 Å². The predicted molar refractivity (Wildman–Crippen MR) is 69.3 cm³/mol. The molecule has 0 aliphatic carbocycles. The quantitative estimate of drug-likeness (QED) is 0.804. The van der Waals surface area contributed by atoms with E-state index in [0.717, 1.165) is 0 Å². The lowest BCUT2D eigenvalue weighted by Crippen LogP contribution is -2.57. The first-order valence-corrected chi connectivity index (χ1v) is 6.29. The number of ketones is 1. The van der Waals surface area contributed by atoms with Gasteiger partial charge in [-0.15, -0.1) is 0 Å². The molecule has 0 saturated carbocycles. The molecule has 0 radical (unpaired) electrons. The molecule has 2 amide bonds. The molecule has 5 nitrogen and oxygen atoms in total. The Kier molecular flexibility index (Phi) is 4.24. The van der Waals surface area contributed by atoms with Gasteiger partial charge in [-0.2, -0.15) is 0 Å². The zero-order chi connectivity index (χ0) is 14.7. The first-order valence-electron chi connectivity index (χ1n) is 6.29. The van der Waals surface area contributed by atoms with E-state index >= 15 is 0 Å². The first-order chi connectivity index (χ1) is 9.45. The molecule has 1 atom stereocenters. The van der Waals surface area contributed by atoms with Gasteiger partial charge in [0.05, 0.1) is 19.1 Å². The Morgan fingerprint density at radius 1 is 1.35 bits per heavy atom. The smallest absolute Gasteiger partial charge is 0.243 e. The van der Waals surface area contributed by atoms with Crippen LogP contribution in [0.3, 0.4) is 0 Å². The normalized spacial score (nSPS) is 19.8. The Balaban J connectivity index is 1.95. The lowest BCUT2D eigenvalue weighted by molar-refractivity contribution is -0.140. The number of piperazine rings is 1. The fourth-order valence-electron chi connectivity index (χ4n) is 2.07. The van der Waals surface area contributed by atoms with Crippen molar-refractivity contribution in [2.45, 2.75) is 19.4 Å². The van der Waals surface area contributed by atoms with Crippen LogP contribution < -0.4 is 5.32 Å². The molecule has 1 unspecified atom stereocenters. The van der Waals surface area contributed by atoms with Crippen molar-refractivity contribution < 1.29 is 18.8 Å². The van der Waals surface area contributed by atoms with Crippen molar-refractivity contribution in [3.63, 3.8) is 0 Å². The zero-order valence-corrected chi connectivity index (χ0v) is 11.1. The maximum absolute atomic E-state index is 12.8. The number of halogens is 1. The summed E-state index contributed by atoms with van der Waals surface area (Å²) in [6.07, 6.45) is 0.152. The Morgan fingerprint density at radius 3 is 2.65 bits per heavy atom. The van der Waals surface area contributed by atoms with Gasteiger partial charge >= 0.3 is 0 Å². The van der Waals surface area contributed by atoms with Gasteiger partial charge in [0.2, 0.25) is 11.8 Å². The molecule has 1 N–H and O–H groups in total. The van der Waals surface area contributed by atoms with E-state index in [0.29, 0.717) is 5.56 Å². The summed E-state index contributed by atoms with van der Waals surface area (Å²) in [7, 11) is 0. The summed E-state index contributed by atoms with van der Waals surface area (Å²) >= 11 is 0.